The first-order chi connectivity index (χ1) is 17.1. The van der Waals surface area contributed by atoms with Crippen molar-refractivity contribution in [2.75, 3.05) is 13.2 Å². The number of likely N-dealkylation sites (tertiary alicyclic amines) is 1. The van der Waals surface area contributed by atoms with E-state index in [-0.39, 0.29) is 27.7 Å². The van der Waals surface area contributed by atoms with Crippen LogP contribution < -0.4 is 0 Å². The zero-order valence-corrected chi connectivity index (χ0v) is 21.8. The third kappa shape index (κ3) is 4.97. The second-order valence-electron chi connectivity index (χ2n) is 9.96. The molecule has 1 atom stereocenters. The first-order valence-electron chi connectivity index (χ1n) is 11.5. The predicted molar refractivity (Wildman–Crippen MR) is 129 cm³/mol. The van der Waals surface area contributed by atoms with Crippen LogP contribution in [-0.2, 0) is 26.1 Å². The zero-order chi connectivity index (χ0) is 27.3. The number of fused-ring (bicyclic) bond motifs is 3. The minimum absolute atomic E-state index is 0.0666. The van der Waals surface area contributed by atoms with Gasteiger partial charge in [0.2, 0.25) is 0 Å². The van der Waals surface area contributed by atoms with E-state index >= 15 is 0 Å². The second kappa shape index (κ2) is 9.41. The summed E-state index contributed by atoms with van der Waals surface area (Å²) in [5.41, 5.74) is -3.08. The monoisotopic (exact) mass is 585 g/mol. The summed E-state index contributed by atoms with van der Waals surface area (Å²) in [6, 6.07) is 5.89. The molecule has 198 valence electrons. The minimum Gasteiger partial charge on any atom is -0.456 e. The molecule has 1 amide bonds. The van der Waals surface area contributed by atoms with Crippen molar-refractivity contribution in [3.05, 3.63) is 57.6 Å². The summed E-state index contributed by atoms with van der Waals surface area (Å²) in [5, 5.41) is 0. The van der Waals surface area contributed by atoms with E-state index in [1.807, 2.05) is 0 Å². The van der Waals surface area contributed by atoms with Crippen molar-refractivity contribution in [1.29, 1.82) is 0 Å². The SMILES string of the molecule is CC(C)(C)OC(=O)N1CCC[C@H]1C(=O)OCC(=O)c1ccc2c(c1)C(F)(F)C(F)(F)c1cc(Br)ccc1-2. The van der Waals surface area contributed by atoms with Crippen LogP contribution in [-0.4, -0.2) is 47.5 Å². The van der Waals surface area contributed by atoms with Gasteiger partial charge in [-0.2, -0.15) is 17.6 Å². The number of esters is 1. The van der Waals surface area contributed by atoms with Crippen LogP contribution in [0.4, 0.5) is 22.4 Å². The van der Waals surface area contributed by atoms with E-state index in [1.165, 1.54) is 29.2 Å². The fourth-order valence-corrected chi connectivity index (χ4v) is 4.79. The summed E-state index contributed by atoms with van der Waals surface area (Å²) in [5.74, 6) is -10.8. The first kappa shape index (κ1) is 27.1. The molecule has 4 rings (SSSR count). The predicted octanol–water partition coefficient (Wildman–Crippen LogP) is 6.44. The number of ketones is 1. The van der Waals surface area contributed by atoms with E-state index in [9.17, 15) is 31.9 Å². The van der Waals surface area contributed by atoms with Crippen LogP contribution in [0.25, 0.3) is 11.1 Å². The molecule has 1 heterocycles. The molecular formula is C26H24BrF4NO5. The fraction of sp³-hybridized carbons (Fsp3) is 0.423. The molecule has 1 saturated heterocycles. The number of Topliss-reactive ketones (excluding diaryl/α,β-unsaturated/α-hetero) is 1. The summed E-state index contributed by atoms with van der Waals surface area (Å²) >= 11 is 3.03. The third-order valence-corrected chi connectivity index (χ3v) is 6.68. The van der Waals surface area contributed by atoms with Gasteiger partial charge in [0.25, 0.3) is 0 Å². The number of alkyl halides is 4. The maximum atomic E-state index is 15.0. The van der Waals surface area contributed by atoms with E-state index in [1.54, 1.807) is 20.8 Å². The van der Waals surface area contributed by atoms with Gasteiger partial charge in [0.05, 0.1) is 0 Å². The van der Waals surface area contributed by atoms with Crippen LogP contribution in [0.2, 0.25) is 0 Å². The highest BCUT2D eigenvalue weighted by Gasteiger charge is 2.62. The smallest absolute Gasteiger partial charge is 0.411 e. The van der Waals surface area contributed by atoms with E-state index in [0.29, 0.717) is 18.9 Å². The number of halogens is 5. The Labute approximate surface area is 219 Å². The van der Waals surface area contributed by atoms with Crippen LogP contribution in [0.1, 0.15) is 55.1 Å². The standard InChI is InChI=1S/C26H24BrF4NO5/c1-24(2,3)37-23(35)32-10-4-5-20(32)22(34)36-13-21(33)14-6-8-16-17-9-7-15(27)12-19(17)26(30,31)25(28,29)18(16)11-14/h6-9,11-12,20H,4-5,10,13H2,1-3H3/t20-/m0/s1. The van der Waals surface area contributed by atoms with Crippen LogP contribution in [0.3, 0.4) is 0 Å². The van der Waals surface area contributed by atoms with E-state index in [0.717, 1.165) is 6.07 Å². The molecule has 2 aliphatic rings. The highest BCUT2D eigenvalue weighted by Crippen LogP contribution is 2.58. The van der Waals surface area contributed by atoms with Crippen LogP contribution in [0.5, 0.6) is 0 Å². The number of carbonyl (C=O) groups is 3. The quantitative estimate of drug-likeness (QED) is 0.234. The maximum absolute atomic E-state index is 15.0. The van der Waals surface area contributed by atoms with Crippen molar-refractivity contribution in [3.8, 4) is 11.1 Å². The van der Waals surface area contributed by atoms with Crippen LogP contribution >= 0.6 is 15.9 Å². The fourth-order valence-electron chi connectivity index (χ4n) is 4.43. The normalized spacial score (nSPS) is 19.6. The number of hydrogen-bond acceptors (Lipinski definition) is 5. The topological polar surface area (TPSA) is 72.9 Å². The van der Waals surface area contributed by atoms with E-state index in [4.69, 9.17) is 9.47 Å². The number of nitrogens with zero attached hydrogens (tertiary/aromatic N) is 1. The molecular weight excluding hydrogens is 562 g/mol. The maximum Gasteiger partial charge on any atom is 0.411 e. The Hall–Kier alpha value is -2.95. The lowest BCUT2D eigenvalue weighted by Gasteiger charge is -2.35. The Morgan fingerprint density at radius 1 is 1.00 bits per heavy atom. The molecule has 2 aromatic carbocycles. The van der Waals surface area contributed by atoms with Crippen molar-refractivity contribution >= 4 is 33.8 Å². The lowest BCUT2D eigenvalue weighted by atomic mass is 9.79. The third-order valence-electron chi connectivity index (χ3n) is 6.18. The Morgan fingerprint density at radius 2 is 1.59 bits per heavy atom. The van der Waals surface area contributed by atoms with Crippen molar-refractivity contribution in [2.24, 2.45) is 0 Å². The second-order valence-corrected chi connectivity index (χ2v) is 10.9. The van der Waals surface area contributed by atoms with Gasteiger partial charge in [-0.3, -0.25) is 9.69 Å². The van der Waals surface area contributed by atoms with Gasteiger partial charge in [-0.15, -0.1) is 0 Å². The highest BCUT2D eigenvalue weighted by atomic mass is 79.9. The number of hydrogen-bond donors (Lipinski definition) is 0. The van der Waals surface area contributed by atoms with Crippen molar-refractivity contribution in [1.82, 2.24) is 4.90 Å². The van der Waals surface area contributed by atoms with E-state index in [2.05, 4.69) is 15.9 Å². The number of carbonyl (C=O) groups excluding carboxylic acids is 3. The molecule has 0 radical (unpaired) electrons. The van der Waals surface area contributed by atoms with Gasteiger partial charge in [-0.1, -0.05) is 34.1 Å². The largest absolute Gasteiger partial charge is 0.456 e. The van der Waals surface area contributed by atoms with Gasteiger partial charge in [-0.05, 0) is 62.9 Å². The Bertz CT molecular complexity index is 1270. The summed E-state index contributed by atoms with van der Waals surface area (Å²) in [4.78, 5) is 38.9. The average Bonchev–Trinajstić information content (AvgIpc) is 3.30. The lowest BCUT2D eigenvalue weighted by Crippen LogP contribution is -2.44. The van der Waals surface area contributed by atoms with Crippen LogP contribution in [0, 0.1) is 0 Å². The number of rotatable bonds is 4. The summed E-state index contributed by atoms with van der Waals surface area (Å²) < 4.78 is 70.2. The molecule has 37 heavy (non-hydrogen) atoms. The Morgan fingerprint density at radius 3 is 2.22 bits per heavy atom. The minimum atomic E-state index is -4.58. The number of ether oxygens (including phenoxy) is 2. The number of amides is 1. The molecule has 0 spiro atoms. The molecule has 0 saturated carbocycles. The molecule has 0 bridgehead atoms. The van der Waals surface area contributed by atoms with Gasteiger partial charge in [0.1, 0.15) is 11.6 Å². The molecule has 11 heteroatoms. The molecule has 2 aromatic rings. The summed E-state index contributed by atoms with van der Waals surface area (Å²) in [6.07, 6.45) is 0.143. The first-order valence-corrected chi connectivity index (χ1v) is 12.3. The van der Waals surface area contributed by atoms with Gasteiger partial charge in [-0.25, -0.2) is 9.59 Å². The Kier molecular flexibility index (Phi) is 6.89. The average molecular weight is 586 g/mol. The molecule has 6 nitrogen and oxygen atoms in total. The molecule has 0 N–H and O–H groups in total. The van der Waals surface area contributed by atoms with Gasteiger partial charge >= 0.3 is 23.9 Å². The van der Waals surface area contributed by atoms with Gasteiger partial charge < -0.3 is 9.47 Å². The molecule has 0 unspecified atom stereocenters. The van der Waals surface area contributed by atoms with Gasteiger partial charge in [0.15, 0.2) is 12.4 Å². The van der Waals surface area contributed by atoms with Crippen molar-refractivity contribution < 1.29 is 41.4 Å². The summed E-state index contributed by atoms with van der Waals surface area (Å²) in [7, 11) is 0. The zero-order valence-electron chi connectivity index (χ0n) is 20.2. The van der Waals surface area contributed by atoms with Gasteiger partial charge in [0, 0.05) is 27.7 Å². The molecule has 1 fully saturated rings. The number of benzene rings is 2. The van der Waals surface area contributed by atoms with Crippen molar-refractivity contribution in [3.63, 3.8) is 0 Å². The molecule has 0 aromatic heterocycles. The Balaban J connectivity index is 1.52. The summed E-state index contributed by atoms with van der Waals surface area (Å²) in [6.45, 7) is 4.52. The molecule has 1 aliphatic heterocycles. The van der Waals surface area contributed by atoms with E-state index < -0.39 is 59.1 Å². The lowest BCUT2D eigenvalue weighted by molar-refractivity contribution is -0.225. The molecule has 1 aliphatic carbocycles. The van der Waals surface area contributed by atoms with Crippen LogP contribution in [0.15, 0.2) is 40.9 Å². The highest BCUT2D eigenvalue weighted by molar-refractivity contribution is 9.10. The van der Waals surface area contributed by atoms with Crippen molar-refractivity contribution in [2.45, 2.75) is 57.1 Å².